The zero-order valence-corrected chi connectivity index (χ0v) is 12.3. The average molecular weight is 290 g/mol. The Bertz CT molecular complexity index is 691. The van der Waals surface area contributed by atoms with Crippen molar-refractivity contribution in [1.82, 2.24) is 20.3 Å². The molecular weight excluding hydrogens is 272 g/mol. The van der Waals surface area contributed by atoms with Gasteiger partial charge in [-0.25, -0.2) is 4.68 Å². The molecule has 0 atom stereocenters. The molecule has 0 unspecified atom stereocenters. The zero-order valence-electron chi connectivity index (χ0n) is 12.3. The van der Waals surface area contributed by atoms with Crippen molar-refractivity contribution in [1.29, 1.82) is 0 Å². The lowest BCUT2D eigenvalue weighted by Gasteiger charge is -2.24. The lowest BCUT2D eigenvalue weighted by Crippen LogP contribution is -2.44. The van der Waals surface area contributed by atoms with Crippen LogP contribution in [-0.2, 0) is 11.3 Å². The van der Waals surface area contributed by atoms with Crippen molar-refractivity contribution in [3.63, 3.8) is 0 Å². The number of fused-ring (bicyclic) bond motifs is 1. The number of aliphatic carboxylic acids is 1. The topological polar surface area (TPSA) is 97.1 Å². The minimum atomic E-state index is -0.957. The molecule has 0 bridgehead atoms. The quantitative estimate of drug-likeness (QED) is 0.868. The van der Waals surface area contributed by atoms with E-state index in [4.69, 9.17) is 5.11 Å². The second-order valence-electron chi connectivity index (χ2n) is 5.52. The second kappa shape index (κ2) is 5.51. The molecule has 2 rings (SSSR count). The number of aryl methyl sites for hydroxylation is 1. The Hall–Kier alpha value is -2.44. The fraction of sp³-hybridized carbons (Fsp3) is 0.429. The molecule has 1 amide bonds. The van der Waals surface area contributed by atoms with Crippen molar-refractivity contribution in [3.8, 4) is 0 Å². The number of carboxylic acids is 1. The van der Waals surface area contributed by atoms with Gasteiger partial charge in [-0.05, 0) is 39.0 Å². The average Bonchev–Trinajstić information content (AvgIpc) is 2.78. The summed E-state index contributed by atoms with van der Waals surface area (Å²) in [6.07, 6.45) is -0.146. The molecule has 0 aliphatic heterocycles. The van der Waals surface area contributed by atoms with Crippen LogP contribution in [-0.4, -0.2) is 37.5 Å². The van der Waals surface area contributed by atoms with Gasteiger partial charge in [-0.15, -0.1) is 5.10 Å². The van der Waals surface area contributed by atoms with Gasteiger partial charge in [0, 0.05) is 17.6 Å². The van der Waals surface area contributed by atoms with E-state index >= 15 is 0 Å². The number of aromatic nitrogens is 3. The molecule has 0 aliphatic carbocycles. The van der Waals surface area contributed by atoms with E-state index in [9.17, 15) is 9.59 Å². The van der Waals surface area contributed by atoms with E-state index in [1.54, 1.807) is 36.7 Å². The van der Waals surface area contributed by atoms with Crippen molar-refractivity contribution in [3.05, 3.63) is 23.8 Å². The monoisotopic (exact) mass is 290 g/mol. The molecule has 112 valence electrons. The number of carbonyl (C=O) groups is 2. The standard InChI is InChI=1S/C14H18N4O3/c1-4-18-11-6-5-9(7-10(11)16-17-18)13(21)15-14(2,3)8-12(19)20/h5-7H,4,8H2,1-3H3,(H,15,21)(H,19,20). The molecule has 0 saturated heterocycles. The highest BCUT2D eigenvalue weighted by Crippen LogP contribution is 2.15. The predicted octanol–water partition coefficient (Wildman–Crippen LogP) is 1.43. The summed E-state index contributed by atoms with van der Waals surface area (Å²) in [5.41, 5.74) is 1.11. The Morgan fingerprint density at radius 2 is 2.10 bits per heavy atom. The van der Waals surface area contributed by atoms with Gasteiger partial charge in [0.1, 0.15) is 5.52 Å². The molecule has 2 N–H and O–H groups in total. The van der Waals surface area contributed by atoms with Crippen LogP contribution < -0.4 is 5.32 Å². The van der Waals surface area contributed by atoms with Gasteiger partial charge in [0.15, 0.2) is 0 Å². The van der Waals surface area contributed by atoms with Crippen LogP contribution in [0.1, 0.15) is 37.6 Å². The highest BCUT2D eigenvalue weighted by Gasteiger charge is 2.24. The third-order valence-electron chi connectivity index (χ3n) is 3.12. The molecule has 1 heterocycles. The molecule has 1 aromatic heterocycles. The SMILES string of the molecule is CCn1nnc2cc(C(=O)NC(C)(C)CC(=O)O)ccc21. The van der Waals surface area contributed by atoms with Gasteiger partial charge in [-0.3, -0.25) is 9.59 Å². The molecule has 7 nitrogen and oxygen atoms in total. The van der Waals surface area contributed by atoms with E-state index in [1.807, 2.05) is 6.92 Å². The first-order valence-electron chi connectivity index (χ1n) is 6.70. The van der Waals surface area contributed by atoms with E-state index < -0.39 is 11.5 Å². The van der Waals surface area contributed by atoms with Crippen LogP contribution in [0.2, 0.25) is 0 Å². The van der Waals surface area contributed by atoms with E-state index in [-0.39, 0.29) is 12.3 Å². The second-order valence-corrected chi connectivity index (χ2v) is 5.52. The molecule has 2 aromatic rings. The summed E-state index contributed by atoms with van der Waals surface area (Å²) < 4.78 is 1.74. The Morgan fingerprint density at radius 3 is 2.71 bits per heavy atom. The maximum Gasteiger partial charge on any atom is 0.305 e. The van der Waals surface area contributed by atoms with Crippen LogP contribution in [0.4, 0.5) is 0 Å². The molecular formula is C14H18N4O3. The summed E-state index contributed by atoms with van der Waals surface area (Å²) in [6.45, 7) is 6.01. The number of hydrogen-bond donors (Lipinski definition) is 2. The normalized spacial score (nSPS) is 11.6. The highest BCUT2D eigenvalue weighted by atomic mass is 16.4. The fourth-order valence-electron chi connectivity index (χ4n) is 2.15. The van der Waals surface area contributed by atoms with Gasteiger partial charge in [-0.2, -0.15) is 0 Å². The highest BCUT2D eigenvalue weighted by molar-refractivity contribution is 5.97. The van der Waals surface area contributed by atoms with Crippen molar-refractivity contribution in [2.75, 3.05) is 0 Å². The number of carbonyl (C=O) groups excluding carboxylic acids is 1. The van der Waals surface area contributed by atoms with Crippen molar-refractivity contribution in [2.45, 2.75) is 39.3 Å². The van der Waals surface area contributed by atoms with Gasteiger partial charge in [0.05, 0.1) is 11.9 Å². The van der Waals surface area contributed by atoms with Crippen molar-refractivity contribution >= 4 is 22.9 Å². The third-order valence-corrected chi connectivity index (χ3v) is 3.12. The lowest BCUT2D eigenvalue weighted by molar-refractivity contribution is -0.138. The Morgan fingerprint density at radius 1 is 1.38 bits per heavy atom. The molecule has 7 heteroatoms. The molecule has 0 saturated carbocycles. The van der Waals surface area contributed by atoms with E-state index in [0.29, 0.717) is 17.6 Å². The largest absolute Gasteiger partial charge is 0.481 e. The number of carboxylic acid groups (broad SMARTS) is 1. The van der Waals surface area contributed by atoms with Crippen LogP contribution in [0.15, 0.2) is 18.2 Å². The Kier molecular flexibility index (Phi) is 3.93. The smallest absolute Gasteiger partial charge is 0.305 e. The number of hydrogen-bond acceptors (Lipinski definition) is 4. The third kappa shape index (κ3) is 3.36. The summed E-state index contributed by atoms with van der Waals surface area (Å²) in [5, 5.41) is 19.5. The molecule has 1 aromatic carbocycles. The van der Waals surface area contributed by atoms with Crippen LogP contribution in [0.25, 0.3) is 11.0 Å². The number of benzene rings is 1. The van der Waals surface area contributed by atoms with Crippen molar-refractivity contribution < 1.29 is 14.7 Å². The summed E-state index contributed by atoms with van der Waals surface area (Å²) in [4.78, 5) is 23.0. The van der Waals surface area contributed by atoms with Gasteiger partial charge in [0.2, 0.25) is 0 Å². The first-order chi connectivity index (χ1) is 9.82. The van der Waals surface area contributed by atoms with Crippen LogP contribution in [0.3, 0.4) is 0 Å². The van der Waals surface area contributed by atoms with Crippen LogP contribution in [0, 0.1) is 0 Å². The summed E-state index contributed by atoms with van der Waals surface area (Å²) in [7, 11) is 0. The van der Waals surface area contributed by atoms with E-state index in [2.05, 4.69) is 15.6 Å². The van der Waals surface area contributed by atoms with E-state index in [1.165, 1.54) is 0 Å². The lowest BCUT2D eigenvalue weighted by atomic mass is 10.00. The van der Waals surface area contributed by atoms with Gasteiger partial charge in [-0.1, -0.05) is 5.21 Å². The van der Waals surface area contributed by atoms with Crippen LogP contribution in [0.5, 0.6) is 0 Å². The molecule has 0 aliphatic rings. The van der Waals surface area contributed by atoms with E-state index in [0.717, 1.165) is 5.52 Å². The minimum Gasteiger partial charge on any atom is -0.481 e. The number of rotatable bonds is 5. The summed E-state index contributed by atoms with van der Waals surface area (Å²) in [5.74, 6) is -1.28. The predicted molar refractivity (Wildman–Crippen MR) is 77.0 cm³/mol. The minimum absolute atomic E-state index is 0.146. The number of nitrogens with zero attached hydrogens (tertiary/aromatic N) is 3. The number of amides is 1. The maximum absolute atomic E-state index is 12.2. The zero-order chi connectivity index (χ0) is 15.6. The molecule has 0 fully saturated rings. The van der Waals surface area contributed by atoms with Gasteiger partial charge < -0.3 is 10.4 Å². The Labute approximate surface area is 121 Å². The molecule has 0 radical (unpaired) electrons. The molecule has 21 heavy (non-hydrogen) atoms. The van der Waals surface area contributed by atoms with Gasteiger partial charge >= 0.3 is 5.97 Å². The van der Waals surface area contributed by atoms with Crippen molar-refractivity contribution in [2.24, 2.45) is 0 Å². The van der Waals surface area contributed by atoms with Crippen LogP contribution >= 0.6 is 0 Å². The Balaban J connectivity index is 2.21. The first kappa shape index (κ1) is 15.0. The summed E-state index contributed by atoms with van der Waals surface area (Å²) in [6, 6.07) is 5.13. The summed E-state index contributed by atoms with van der Waals surface area (Å²) >= 11 is 0. The first-order valence-corrected chi connectivity index (χ1v) is 6.70. The maximum atomic E-state index is 12.2. The number of nitrogens with one attached hydrogen (secondary N) is 1. The van der Waals surface area contributed by atoms with Gasteiger partial charge in [0.25, 0.3) is 5.91 Å². The fourth-order valence-corrected chi connectivity index (χ4v) is 2.15. The molecule has 0 spiro atoms.